The third kappa shape index (κ3) is 3.43. The first-order valence-electron chi connectivity index (χ1n) is 11.7. The topological polar surface area (TPSA) is 33.1 Å². The molecule has 0 radical (unpaired) electrons. The summed E-state index contributed by atoms with van der Waals surface area (Å²) in [5, 5.41) is 4.52. The number of aryl methyl sites for hydroxylation is 3. The van der Waals surface area contributed by atoms with Crippen LogP contribution in [0.2, 0.25) is 0 Å². The quantitative estimate of drug-likeness (QED) is 0.499. The lowest BCUT2D eigenvalue weighted by Gasteiger charge is -2.33. The van der Waals surface area contributed by atoms with Crippen LogP contribution in [0.4, 0.5) is 0 Å². The first-order chi connectivity index (χ1) is 15.5. The SMILES string of the molecule is Cc1cccc(C)c1-n1c(C)cc([C@@H]2[C@H](c3ccccn3)NC(=S)N2C2CCCC2)c1C. The lowest BCUT2D eigenvalue weighted by Crippen LogP contribution is -2.37. The largest absolute Gasteiger partial charge is 0.352 e. The standard InChI is InChI=1S/C27H32N4S/c1-17-10-9-11-18(2)25(17)30-19(3)16-22(20(30)4)26-24(23-14-7-8-15-28-23)29-27(32)31(26)21-12-5-6-13-21/h7-11,14-16,21,24,26H,5-6,12-13H2,1-4H3,(H,29,32)/t24-,26+/m0/s1. The Morgan fingerprint density at radius 3 is 2.34 bits per heavy atom. The van der Waals surface area contributed by atoms with Gasteiger partial charge in [-0.15, -0.1) is 0 Å². The summed E-state index contributed by atoms with van der Waals surface area (Å²) in [7, 11) is 0. The number of aromatic nitrogens is 2. The predicted octanol–water partition coefficient (Wildman–Crippen LogP) is 6.02. The molecule has 3 aromatic rings. The molecule has 2 aliphatic rings. The molecule has 0 unspecified atom stereocenters. The second-order valence-electron chi connectivity index (χ2n) is 9.37. The zero-order chi connectivity index (χ0) is 22.4. The van der Waals surface area contributed by atoms with Gasteiger partial charge in [0.05, 0.1) is 23.5 Å². The van der Waals surface area contributed by atoms with Crippen LogP contribution in [0.3, 0.4) is 0 Å². The molecule has 3 heterocycles. The molecule has 2 fully saturated rings. The van der Waals surface area contributed by atoms with Crippen LogP contribution in [-0.4, -0.2) is 25.6 Å². The van der Waals surface area contributed by atoms with Gasteiger partial charge < -0.3 is 14.8 Å². The number of hydrogen-bond acceptors (Lipinski definition) is 2. The van der Waals surface area contributed by atoms with Gasteiger partial charge in [-0.3, -0.25) is 4.98 Å². The number of hydrogen-bond donors (Lipinski definition) is 1. The Bertz CT molecular complexity index is 1120. The van der Waals surface area contributed by atoms with Gasteiger partial charge in [-0.1, -0.05) is 37.1 Å². The summed E-state index contributed by atoms with van der Waals surface area (Å²) in [6.45, 7) is 8.89. The number of nitrogens with zero attached hydrogens (tertiary/aromatic N) is 3. The summed E-state index contributed by atoms with van der Waals surface area (Å²) in [5.74, 6) is 0. The maximum Gasteiger partial charge on any atom is 0.170 e. The average molecular weight is 445 g/mol. The van der Waals surface area contributed by atoms with Gasteiger partial charge in [0.25, 0.3) is 0 Å². The second kappa shape index (κ2) is 8.36. The van der Waals surface area contributed by atoms with Crippen LogP contribution in [0.1, 0.15) is 71.5 Å². The molecular formula is C27H32N4S. The third-order valence-electron chi connectivity index (χ3n) is 7.31. The fraction of sp³-hybridized carbons (Fsp3) is 0.407. The van der Waals surface area contributed by atoms with E-state index in [9.17, 15) is 0 Å². The number of nitrogens with one attached hydrogen (secondary N) is 1. The lowest BCUT2D eigenvalue weighted by atomic mass is 9.95. The van der Waals surface area contributed by atoms with Crippen LogP contribution < -0.4 is 5.32 Å². The first-order valence-corrected chi connectivity index (χ1v) is 12.1. The molecule has 2 aromatic heterocycles. The molecule has 4 nitrogen and oxygen atoms in total. The number of pyridine rings is 1. The molecule has 1 saturated heterocycles. The molecule has 0 amide bonds. The fourth-order valence-electron chi connectivity index (χ4n) is 5.86. The van der Waals surface area contributed by atoms with E-state index in [1.807, 2.05) is 12.3 Å². The zero-order valence-electron chi connectivity index (χ0n) is 19.4. The Hall–Kier alpha value is -2.66. The van der Waals surface area contributed by atoms with E-state index < -0.39 is 0 Å². The van der Waals surface area contributed by atoms with E-state index in [1.54, 1.807) is 0 Å². The summed E-state index contributed by atoms with van der Waals surface area (Å²) < 4.78 is 2.43. The van der Waals surface area contributed by atoms with Gasteiger partial charge >= 0.3 is 0 Å². The Kier molecular flexibility index (Phi) is 5.54. The Balaban J connectivity index is 1.67. The molecule has 1 N–H and O–H groups in total. The molecule has 5 heteroatoms. The van der Waals surface area contributed by atoms with Crippen LogP contribution in [-0.2, 0) is 0 Å². The highest BCUT2D eigenvalue weighted by molar-refractivity contribution is 7.80. The second-order valence-corrected chi connectivity index (χ2v) is 9.76. The van der Waals surface area contributed by atoms with Crippen molar-refractivity contribution < 1.29 is 0 Å². The first kappa shape index (κ1) is 21.2. The number of para-hydroxylation sites is 1. The summed E-state index contributed by atoms with van der Waals surface area (Å²) in [4.78, 5) is 7.22. The van der Waals surface area contributed by atoms with Gasteiger partial charge in [-0.05, 0) is 87.6 Å². The molecule has 1 aliphatic heterocycles. The Morgan fingerprint density at radius 2 is 1.69 bits per heavy atom. The molecule has 2 atom stereocenters. The molecule has 166 valence electrons. The number of thiocarbonyl (C=S) groups is 1. The highest BCUT2D eigenvalue weighted by atomic mass is 32.1. The van der Waals surface area contributed by atoms with Crippen LogP contribution in [0.15, 0.2) is 48.7 Å². The summed E-state index contributed by atoms with van der Waals surface area (Å²) in [6, 6.07) is 15.8. The molecule has 0 bridgehead atoms. The van der Waals surface area contributed by atoms with Gasteiger partial charge in [0.1, 0.15) is 0 Å². The van der Waals surface area contributed by atoms with Gasteiger partial charge in [-0.25, -0.2) is 0 Å². The van der Waals surface area contributed by atoms with Crippen molar-refractivity contribution in [3.8, 4) is 5.69 Å². The minimum absolute atomic E-state index is 0.0521. The number of rotatable bonds is 4. The average Bonchev–Trinajstić information content (AvgIpc) is 3.48. The van der Waals surface area contributed by atoms with Crippen LogP contribution in [0, 0.1) is 27.7 Å². The van der Waals surface area contributed by atoms with E-state index in [2.05, 4.69) is 78.9 Å². The lowest BCUT2D eigenvalue weighted by molar-refractivity contribution is 0.245. The van der Waals surface area contributed by atoms with Crippen LogP contribution in [0.5, 0.6) is 0 Å². The van der Waals surface area contributed by atoms with Crippen LogP contribution >= 0.6 is 12.2 Å². The van der Waals surface area contributed by atoms with Crippen molar-refractivity contribution in [1.29, 1.82) is 0 Å². The van der Waals surface area contributed by atoms with Gasteiger partial charge in [0.15, 0.2) is 5.11 Å². The van der Waals surface area contributed by atoms with E-state index in [0.29, 0.717) is 6.04 Å². The van der Waals surface area contributed by atoms with E-state index in [-0.39, 0.29) is 12.1 Å². The van der Waals surface area contributed by atoms with Crippen LogP contribution in [0.25, 0.3) is 5.69 Å². The van der Waals surface area contributed by atoms with Gasteiger partial charge in [0, 0.05) is 23.6 Å². The normalized spacial score (nSPS) is 21.4. The molecule has 1 aliphatic carbocycles. The predicted molar refractivity (Wildman–Crippen MR) is 134 cm³/mol. The maximum absolute atomic E-state index is 5.93. The van der Waals surface area contributed by atoms with E-state index in [4.69, 9.17) is 17.2 Å². The van der Waals surface area contributed by atoms with Crippen molar-refractivity contribution >= 4 is 17.3 Å². The smallest absolute Gasteiger partial charge is 0.170 e. The summed E-state index contributed by atoms with van der Waals surface area (Å²) in [5.41, 5.74) is 8.85. The molecule has 1 aromatic carbocycles. The van der Waals surface area contributed by atoms with Gasteiger partial charge in [-0.2, -0.15) is 0 Å². The van der Waals surface area contributed by atoms with E-state index in [0.717, 1.165) is 10.8 Å². The molecule has 5 rings (SSSR count). The Morgan fingerprint density at radius 1 is 0.969 bits per heavy atom. The van der Waals surface area contributed by atoms with Crippen molar-refractivity contribution in [3.63, 3.8) is 0 Å². The fourth-order valence-corrected chi connectivity index (χ4v) is 6.25. The summed E-state index contributed by atoms with van der Waals surface area (Å²) in [6.07, 6.45) is 6.87. The zero-order valence-corrected chi connectivity index (χ0v) is 20.2. The molecule has 1 saturated carbocycles. The van der Waals surface area contributed by atoms with Crippen molar-refractivity contribution in [2.75, 3.05) is 0 Å². The summed E-state index contributed by atoms with van der Waals surface area (Å²) >= 11 is 5.93. The monoisotopic (exact) mass is 444 g/mol. The minimum atomic E-state index is 0.0521. The number of benzene rings is 1. The van der Waals surface area contributed by atoms with E-state index >= 15 is 0 Å². The maximum atomic E-state index is 5.93. The molecule has 0 spiro atoms. The Labute approximate surface area is 196 Å². The van der Waals surface area contributed by atoms with Crippen molar-refractivity contribution in [2.45, 2.75) is 71.5 Å². The highest BCUT2D eigenvalue weighted by Gasteiger charge is 2.44. The van der Waals surface area contributed by atoms with Gasteiger partial charge in [0.2, 0.25) is 0 Å². The van der Waals surface area contributed by atoms with Crippen molar-refractivity contribution in [2.24, 2.45) is 0 Å². The highest BCUT2D eigenvalue weighted by Crippen LogP contribution is 2.45. The molecule has 32 heavy (non-hydrogen) atoms. The van der Waals surface area contributed by atoms with E-state index in [1.165, 1.54) is 59.4 Å². The minimum Gasteiger partial charge on any atom is -0.352 e. The van der Waals surface area contributed by atoms with Crippen molar-refractivity contribution in [3.05, 3.63) is 82.4 Å². The third-order valence-corrected chi connectivity index (χ3v) is 7.63. The van der Waals surface area contributed by atoms with Crippen molar-refractivity contribution in [1.82, 2.24) is 19.8 Å². The molecular weight excluding hydrogens is 412 g/mol.